The molecule has 0 fully saturated rings. The highest BCUT2D eigenvalue weighted by Gasteiger charge is 2.32. The van der Waals surface area contributed by atoms with Crippen molar-refractivity contribution < 1.29 is 14.7 Å². The highest BCUT2D eigenvalue weighted by molar-refractivity contribution is 5.85. The molecule has 0 spiro atoms. The molecular weight excluding hydrogens is 242 g/mol. The molecule has 0 heterocycles. The summed E-state index contributed by atoms with van der Waals surface area (Å²) in [6.07, 6.45) is 0.201. The minimum atomic E-state index is -1.01. The first-order valence-electron chi connectivity index (χ1n) is 6.28. The Morgan fingerprint density at radius 3 is 2.32 bits per heavy atom. The van der Waals surface area contributed by atoms with Gasteiger partial charge in [0, 0.05) is 0 Å². The lowest BCUT2D eigenvalue weighted by molar-refractivity contribution is -0.144. The van der Waals surface area contributed by atoms with Crippen LogP contribution in [0.2, 0.25) is 0 Å². The van der Waals surface area contributed by atoms with Crippen LogP contribution in [0.25, 0.3) is 0 Å². The molecule has 0 bridgehead atoms. The van der Waals surface area contributed by atoms with E-state index in [1.807, 2.05) is 31.2 Å². The zero-order valence-corrected chi connectivity index (χ0v) is 11.9. The lowest BCUT2D eigenvalue weighted by atomic mass is 9.86. The van der Waals surface area contributed by atoms with E-state index < -0.39 is 17.4 Å². The average Bonchev–Trinajstić information content (AvgIpc) is 2.27. The molecule has 1 rings (SSSR count). The number of carboxylic acid groups (broad SMARTS) is 1. The van der Waals surface area contributed by atoms with E-state index in [1.54, 1.807) is 20.8 Å². The van der Waals surface area contributed by atoms with E-state index in [9.17, 15) is 9.59 Å². The van der Waals surface area contributed by atoms with Crippen molar-refractivity contribution in [3.05, 3.63) is 35.4 Å². The Labute approximate surface area is 113 Å². The number of carbonyl (C=O) groups excluding carboxylic acids is 1. The monoisotopic (exact) mass is 263 g/mol. The number of hydrogen-bond acceptors (Lipinski definition) is 2. The third-order valence-electron chi connectivity index (χ3n) is 3.03. The van der Waals surface area contributed by atoms with Gasteiger partial charge in [0.1, 0.15) is 6.04 Å². The molecule has 2 N–H and O–H groups in total. The number of carbonyl (C=O) groups is 2. The average molecular weight is 263 g/mol. The summed E-state index contributed by atoms with van der Waals surface area (Å²) in [5, 5.41) is 11.8. The fraction of sp³-hybridized carbons (Fsp3) is 0.467. The predicted molar refractivity (Wildman–Crippen MR) is 73.9 cm³/mol. The summed E-state index contributed by atoms with van der Waals surface area (Å²) in [5.74, 6) is -1.28. The molecule has 1 aromatic rings. The molecule has 1 aromatic carbocycles. The van der Waals surface area contributed by atoms with E-state index >= 15 is 0 Å². The number of carboxylic acids is 1. The Morgan fingerprint density at radius 1 is 1.26 bits per heavy atom. The van der Waals surface area contributed by atoms with E-state index in [1.165, 1.54) is 0 Å². The third kappa shape index (κ3) is 4.39. The van der Waals surface area contributed by atoms with Crippen LogP contribution < -0.4 is 5.32 Å². The Balaban J connectivity index is 2.75. The van der Waals surface area contributed by atoms with E-state index in [4.69, 9.17) is 5.11 Å². The number of amides is 1. The Bertz CT molecular complexity index is 475. The largest absolute Gasteiger partial charge is 0.480 e. The van der Waals surface area contributed by atoms with Crippen molar-refractivity contribution in [1.29, 1.82) is 0 Å². The lowest BCUT2D eigenvalue weighted by Crippen LogP contribution is -2.49. The molecule has 0 radical (unpaired) electrons. The summed E-state index contributed by atoms with van der Waals surface area (Å²) < 4.78 is 0. The molecule has 0 aromatic heterocycles. The highest BCUT2D eigenvalue weighted by atomic mass is 16.4. The van der Waals surface area contributed by atoms with Crippen molar-refractivity contribution in [2.24, 2.45) is 5.41 Å². The summed E-state index contributed by atoms with van der Waals surface area (Å²) in [6.45, 7) is 7.31. The van der Waals surface area contributed by atoms with Crippen molar-refractivity contribution in [3.8, 4) is 0 Å². The van der Waals surface area contributed by atoms with Crippen LogP contribution in [0.4, 0.5) is 0 Å². The second-order valence-corrected chi connectivity index (χ2v) is 5.81. The quantitative estimate of drug-likeness (QED) is 0.874. The number of aliphatic carboxylic acids is 1. The first kappa shape index (κ1) is 15.2. The molecule has 1 atom stereocenters. The summed E-state index contributed by atoms with van der Waals surface area (Å²) in [7, 11) is 0. The number of rotatable bonds is 4. The standard InChI is InChI=1S/C15H21NO3/c1-10-7-5-6-8-11(10)9-12(17)16-13(14(18)19)15(2,3)4/h5-8,13H,9H2,1-4H3,(H,16,17)(H,18,19)/t13-/m0/s1. The summed E-state index contributed by atoms with van der Waals surface area (Å²) in [6, 6.07) is 6.70. The van der Waals surface area contributed by atoms with Crippen molar-refractivity contribution in [2.75, 3.05) is 0 Å². The van der Waals surface area contributed by atoms with Gasteiger partial charge in [-0.1, -0.05) is 45.0 Å². The van der Waals surface area contributed by atoms with Gasteiger partial charge in [0.15, 0.2) is 0 Å². The molecule has 4 heteroatoms. The maximum absolute atomic E-state index is 12.0. The summed E-state index contributed by atoms with van der Waals surface area (Å²) in [4.78, 5) is 23.1. The van der Waals surface area contributed by atoms with E-state index in [0.717, 1.165) is 11.1 Å². The van der Waals surface area contributed by atoms with Gasteiger partial charge in [-0.05, 0) is 23.5 Å². The van der Waals surface area contributed by atoms with Crippen LogP contribution in [0.3, 0.4) is 0 Å². The maximum atomic E-state index is 12.0. The van der Waals surface area contributed by atoms with Crippen molar-refractivity contribution >= 4 is 11.9 Å². The Hall–Kier alpha value is -1.84. The number of benzene rings is 1. The molecule has 1 amide bonds. The summed E-state index contributed by atoms with van der Waals surface area (Å²) in [5.41, 5.74) is 1.42. The molecule has 19 heavy (non-hydrogen) atoms. The van der Waals surface area contributed by atoms with Crippen molar-refractivity contribution in [3.63, 3.8) is 0 Å². The van der Waals surface area contributed by atoms with Crippen LogP contribution in [0.5, 0.6) is 0 Å². The number of aryl methyl sites for hydroxylation is 1. The molecule has 104 valence electrons. The Morgan fingerprint density at radius 2 is 1.84 bits per heavy atom. The van der Waals surface area contributed by atoms with Gasteiger partial charge in [-0.3, -0.25) is 4.79 Å². The normalized spacial score (nSPS) is 12.8. The fourth-order valence-corrected chi connectivity index (χ4v) is 1.84. The molecule has 0 saturated heterocycles. The second-order valence-electron chi connectivity index (χ2n) is 5.81. The van der Waals surface area contributed by atoms with Crippen LogP contribution >= 0.6 is 0 Å². The maximum Gasteiger partial charge on any atom is 0.326 e. The van der Waals surface area contributed by atoms with Crippen LogP contribution in [0, 0.1) is 12.3 Å². The van der Waals surface area contributed by atoms with E-state index in [0.29, 0.717) is 0 Å². The summed E-state index contributed by atoms with van der Waals surface area (Å²) >= 11 is 0. The zero-order chi connectivity index (χ0) is 14.6. The molecule has 0 aliphatic rings. The molecule has 0 saturated carbocycles. The van der Waals surface area contributed by atoms with Crippen molar-refractivity contribution in [2.45, 2.75) is 40.2 Å². The number of nitrogens with one attached hydrogen (secondary N) is 1. The van der Waals surface area contributed by atoms with Gasteiger partial charge in [-0.25, -0.2) is 4.79 Å². The third-order valence-corrected chi connectivity index (χ3v) is 3.03. The van der Waals surface area contributed by atoms with Crippen LogP contribution in [-0.2, 0) is 16.0 Å². The molecule has 0 unspecified atom stereocenters. The molecule has 0 aliphatic heterocycles. The molecular formula is C15H21NO3. The van der Waals surface area contributed by atoms with Gasteiger partial charge in [0.05, 0.1) is 6.42 Å². The lowest BCUT2D eigenvalue weighted by Gasteiger charge is -2.27. The van der Waals surface area contributed by atoms with Gasteiger partial charge in [-0.2, -0.15) is 0 Å². The van der Waals surface area contributed by atoms with Crippen LogP contribution in [0.15, 0.2) is 24.3 Å². The number of hydrogen-bond donors (Lipinski definition) is 2. The van der Waals surface area contributed by atoms with E-state index in [-0.39, 0.29) is 12.3 Å². The second kappa shape index (κ2) is 5.87. The van der Waals surface area contributed by atoms with Gasteiger partial charge in [0.2, 0.25) is 5.91 Å². The van der Waals surface area contributed by atoms with Gasteiger partial charge in [-0.15, -0.1) is 0 Å². The topological polar surface area (TPSA) is 66.4 Å². The minimum Gasteiger partial charge on any atom is -0.480 e. The zero-order valence-electron chi connectivity index (χ0n) is 11.9. The Kier molecular flexibility index (Phi) is 4.70. The first-order chi connectivity index (χ1) is 8.71. The predicted octanol–water partition coefficient (Wildman–Crippen LogP) is 2.15. The molecule has 4 nitrogen and oxygen atoms in total. The SMILES string of the molecule is Cc1ccccc1CC(=O)N[C@@H](C(=O)O)C(C)(C)C. The van der Waals surface area contributed by atoms with Crippen LogP contribution in [0.1, 0.15) is 31.9 Å². The van der Waals surface area contributed by atoms with E-state index in [2.05, 4.69) is 5.32 Å². The van der Waals surface area contributed by atoms with Gasteiger partial charge < -0.3 is 10.4 Å². The minimum absolute atomic E-state index is 0.201. The highest BCUT2D eigenvalue weighted by Crippen LogP contribution is 2.19. The first-order valence-corrected chi connectivity index (χ1v) is 6.28. The molecule has 0 aliphatic carbocycles. The fourth-order valence-electron chi connectivity index (χ4n) is 1.84. The van der Waals surface area contributed by atoms with Crippen molar-refractivity contribution in [1.82, 2.24) is 5.32 Å². The van der Waals surface area contributed by atoms with Gasteiger partial charge >= 0.3 is 5.97 Å². The van der Waals surface area contributed by atoms with Crippen LogP contribution in [-0.4, -0.2) is 23.0 Å². The van der Waals surface area contributed by atoms with Gasteiger partial charge in [0.25, 0.3) is 0 Å². The smallest absolute Gasteiger partial charge is 0.326 e.